The van der Waals surface area contributed by atoms with Crippen molar-refractivity contribution in [1.29, 1.82) is 0 Å². The molecule has 0 aliphatic rings. The van der Waals surface area contributed by atoms with E-state index >= 15 is 0 Å². The second kappa shape index (κ2) is 4.68. The lowest BCUT2D eigenvalue weighted by atomic mass is 10.1. The number of hydrogen-bond acceptors (Lipinski definition) is 2. The molecule has 2 aromatic carbocycles. The number of anilines is 3. The maximum atomic E-state index is 6.13. The molecule has 0 aliphatic heterocycles. The van der Waals surface area contributed by atoms with Crippen LogP contribution in [-0.4, -0.2) is 7.05 Å². The molecule has 0 spiro atoms. The first-order valence-electron chi connectivity index (χ1n) is 5.44. The van der Waals surface area contributed by atoms with Gasteiger partial charge in [0.05, 0.1) is 0 Å². The van der Waals surface area contributed by atoms with Crippen molar-refractivity contribution in [3.05, 3.63) is 53.1 Å². The molecule has 0 aromatic heterocycles. The van der Waals surface area contributed by atoms with Gasteiger partial charge in [0, 0.05) is 29.1 Å². The van der Waals surface area contributed by atoms with E-state index in [0.717, 1.165) is 27.6 Å². The Morgan fingerprint density at radius 3 is 2.53 bits per heavy atom. The van der Waals surface area contributed by atoms with Crippen LogP contribution in [0.15, 0.2) is 42.5 Å². The van der Waals surface area contributed by atoms with Gasteiger partial charge in [-0.2, -0.15) is 0 Å². The minimum atomic E-state index is 0.758. The lowest BCUT2D eigenvalue weighted by Crippen LogP contribution is -2.11. The normalized spacial score (nSPS) is 10.3. The summed E-state index contributed by atoms with van der Waals surface area (Å²) < 4.78 is 0. The van der Waals surface area contributed by atoms with Gasteiger partial charge in [0.1, 0.15) is 0 Å². The van der Waals surface area contributed by atoms with E-state index in [9.17, 15) is 0 Å². The summed E-state index contributed by atoms with van der Waals surface area (Å²) >= 11 is 6.13. The Balaban J connectivity index is 2.44. The zero-order chi connectivity index (χ0) is 12.4. The molecule has 0 heterocycles. The number of benzene rings is 2. The zero-order valence-corrected chi connectivity index (χ0v) is 10.7. The molecule has 0 atom stereocenters. The molecule has 0 amide bonds. The highest BCUT2D eigenvalue weighted by Gasteiger charge is 2.08. The Morgan fingerprint density at radius 1 is 1.12 bits per heavy atom. The first kappa shape index (κ1) is 11.8. The maximum absolute atomic E-state index is 6.13. The third kappa shape index (κ3) is 2.37. The summed E-state index contributed by atoms with van der Waals surface area (Å²) in [5, 5.41) is 0.776. The molecular weight excluding hydrogens is 232 g/mol. The minimum Gasteiger partial charge on any atom is -0.399 e. The van der Waals surface area contributed by atoms with Crippen molar-refractivity contribution in [2.45, 2.75) is 6.92 Å². The van der Waals surface area contributed by atoms with Gasteiger partial charge in [-0.1, -0.05) is 23.7 Å². The van der Waals surface area contributed by atoms with Crippen LogP contribution in [0.1, 0.15) is 5.56 Å². The number of nitrogens with zero attached hydrogens (tertiary/aromatic N) is 1. The van der Waals surface area contributed by atoms with Crippen LogP contribution in [0.2, 0.25) is 5.02 Å². The van der Waals surface area contributed by atoms with Gasteiger partial charge in [-0.15, -0.1) is 0 Å². The Bertz CT molecular complexity index is 537. The lowest BCUT2D eigenvalue weighted by Gasteiger charge is -2.22. The molecule has 2 N–H and O–H groups in total. The van der Waals surface area contributed by atoms with Gasteiger partial charge >= 0.3 is 0 Å². The summed E-state index contributed by atoms with van der Waals surface area (Å²) in [4.78, 5) is 2.08. The van der Waals surface area contributed by atoms with E-state index in [0.29, 0.717) is 0 Å². The molecule has 0 radical (unpaired) electrons. The number of rotatable bonds is 2. The molecule has 2 nitrogen and oxygen atoms in total. The van der Waals surface area contributed by atoms with E-state index in [1.807, 2.05) is 56.4 Å². The van der Waals surface area contributed by atoms with Crippen LogP contribution in [0.3, 0.4) is 0 Å². The Labute approximate surface area is 107 Å². The zero-order valence-electron chi connectivity index (χ0n) is 9.94. The molecule has 0 fully saturated rings. The predicted molar refractivity (Wildman–Crippen MR) is 75.1 cm³/mol. The van der Waals surface area contributed by atoms with Crippen molar-refractivity contribution in [3.8, 4) is 0 Å². The molecule has 0 saturated carbocycles. The van der Waals surface area contributed by atoms with Crippen LogP contribution in [0, 0.1) is 6.92 Å². The van der Waals surface area contributed by atoms with Crippen molar-refractivity contribution >= 4 is 28.7 Å². The molecule has 0 bridgehead atoms. The SMILES string of the molecule is Cc1c(Cl)cccc1N(C)c1cccc(N)c1. The summed E-state index contributed by atoms with van der Waals surface area (Å²) in [6, 6.07) is 13.7. The number of nitrogen functional groups attached to an aromatic ring is 1. The van der Waals surface area contributed by atoms with Crippen molar-refractivity contribution < 1.29 is 0 Å². The van der Waals surface area contributed by atoms with Crippen molar-refractivity contribution in [3.63, 3.8) is 0 Å². The first-order valence-corrected chi connectivity index (χ1v) is 5.82. The molecule has 0 aliphatic carbocycles. The number of nitrogens with two attached hydrogens (primary N) is 1. The molecule has 2 rings (SSSR count). The van der Waals surface area contributed by atoms with Gasteiger partial charge in [-0.25, -0.2) is 0 Å². The average Bonchev–Trinajstić information content (AvgIpc) is 2.32. The van der Waals surface area contributed by atoms with Gasteiger partial charge in [0.2, 0.25) is 0 Å². The van der Waals surface area contributed by atoms with Crippen LogP contribution in [0.5, 0.6) is 0 Å². The van der Waals surface area contributed by atoms with E-state index in [4.69, 9.17) is 17.3 Å². The standard InChI is InChI=1S/C14H15ClN2/c1-10-13(15)7-4-8-14(10)17(2)12-6-3-5-11(16)9-12/h3-9H,16H2,1-2H3. The largest absolute Gasteiger partial charge is 0.399 e. The van der Waals surface area contributed by atoms with Crippen molar-refractivity contribution in [2.75, 3.05) is 17.7 Å². The quantitative estimate of drug-likeness (QED) is 0.812. The number of halogens is 1. The molecule has 88 valence electrons. The number of hydrogen-bond donors (Lipinski definition) is 1. The molecule has 2 aromatic rings. The summed E-state index contributed by atoms with van der Waals surface area (Å²) in [7, 11) is 2.01. The average molecular weight is 247 g/mol. The minimum absolute atomic E-state index is 0.758. The van der Waals surface area contributed by atoms with E-state index in [2.05, 4.69) is 4.90 Å². The van der Waals surface area contributed by atoms with Gasteiger partial charge in [0.15, 0.2) is 0 Å². The van der Waals surface area contributed by atoms with Crippen LogP contribution < -0.4 is 10.6 Å². The summed E-state index contributed by atoms with van der Waals surface area (Å²) in [6.45, 7) is 2.01. The third-order valence-electron chi connectivity index (χ3n) is 2.86. The van der Waals surface area contributed by atoms with Crippen molar-refractivity contribution in [1.82, 2.24) is 0 Å². The highest BCUT2D eigenvalue weighted by molar-refractivity contribution is 6.31. The maximum Gasteiger partial charge on any atom is 0.0455 e. The fourth-order valence-electron chi connectivity index (χ4n) is 1.83. The van der Waals surface area contributed by atoms with Gasteiger partial charge in [-0.05, 0) is 42.8 Å². The molecular formula is C14H15ClN2. The summed E-state index contributed by atoms with van der Waals surface area (Å²) in [5.41, 5.74) is 9.75. The van der Waals surface area contributed by atoms with Crippen LogP contribution in [0.25, 0.3) is 0 Å². The fraction of sp³-hybridized carbons (Fsp3) is 0.143. The fourth-order valence-corrected chi connectivity index (χ4v) is 2.00. The van der Waals surface area contributed by atoms with Crippen molar-refractivity contribution in [2.24, 2.45) is 0 Å². The van der Waals surface area contributed by atoms with Gasteiger partial charge in [0.25, 0.3) is 0 Å². The monoisotopic (exact) mass is 246 g/mol. The summed E-state index contributed by atoms with van der Waals surface area (Å²) in [5.74, 6) is 0. The molecule has 3 heteroatoms. The third-order valence-corrected chi connectivity index (χ3v) is 3.27. The first-order chi connectivity index (χ1) is 8.09. The van der Waals surface area contributed by atoms with E-state index in [-0.39, 0.29) is 0 Å². The van der Waals surface area contributed by atoms with E-state index in [1.54, 1.807) is 0 Å². The van der Waals surface area contributed by atoms with Gasteiger partial charge < -0.3 is 10.6 Å². The van der Waals surface area contributed by atoms with Crippen LogP contribution in [0.4, 0.5) is 17.1 Å². The molecule has 0 unspecified atom stereocenters. The predicted octanol–water partition coefficient (Wildman–Crippen LogP) is 4.00. The molecule has 17 heavy (non-hydrogen) atoms. The Kier molecular flexibility index (Phi) is 3.25. The second-order valence-corrected chi connectivity index (χ2v) is 4.45. The second-order valence-electron chi connectivity index (χ2n) is 4.04. The molecule has 0 saturated heterocycles. The topological polar surface area (TPSA) is 29.3 Å². The van der Waals surface area contributed by atoms with Crippen LogP contribution in [-0.2, 0) is 0 Å². The van der Waals surface area contributed by atoms with E-state index in [1.165, 1.54) is 0 Å². The summed E-state index contributed by atoms with van der Waals surface area (Å²) in [6.07, 6.45) is 0. The smallest absolute Gasteiger partial charge is 0.0455 e. The Morgan fingerprint density at radius 2 is 1.82 bits per heavy atom. The van der Waals surface area contributed by atoms with Gasteiger partial charge in [-0.3, -0.25) is 0 Å². The highest BCUT2D eigenvalue weighted by Crippen LogP contribution is 2.31. The highest BCUT2D eigenvalue weighted by atomic mass is 35.5. The van der Waals surface area contributed by atoms with E-state index < -0.39 is 0 Å². The Hall–Kier alpha value is -1.67. The lowest BCUT2D eigenvalue weighted by molar-refractivity contribution is 1.19. The van der Waals surface area contributed by atoms with Crippen LogP contribution >= 0.6 is 11.6 Å².